The lowest BCUT2D eigenvalue weighted by Gasteiger charge is -2.25. The minimum atomic E-state index is -0.278. The van der Waals surface area contributed by atoms with Crippen LogP contribution in [0.3, 0.4) is 0 Å². The van der Waals surface area contributed by atoms with Gasteiger partial charge in [0.1, 0.15) is 18.3 Å². The number of benzene rings is 5. The van der Waals surface area contributed by atoms with Crippen LogP contribution in [-0.4, -0.2) is 52.5 Å². The minimum absolute atomic E-state index is 0.0709. The molecule has 3 heterocycles. The van der Waals surface area contributed by atoms with Crippen LogP contribution < -0.4 is 11.1 Å². The van der Waals surface area contributed by atoms with Crippen LogP contribution in [0.5, 0.6) is 0 Å². The number of carbonyl (C=O) groups is 1. The lowest BCUT2D eigenvalue weighted by molar-refractivity contribution is 0.0990. The second kappa shape index (κ2) is 14.2. The van der Waals surface area contributed by atoms with E-state index in [1.807, 2.05) is 35.2 Å². The van der Waals surface area contributed by atoms with Gasteiger partial charge in [0.2, 0.25) is 0 Å². The number of likely N-dealkylation sites (tertiary alicyclic amines) is 1. The molecule has 1 fully saturated rings. The Morgan fingerprint density at radius 1 is 0.840 bits per heavy atom. The van der Waals surface area contributed by atoms with Crippen LogP contribution in [0.1, 0.15) is 48.7 Å². The van der Waals surface area contributed by atoms with Crippen LogP contribution >= 0.6 is 0 Å². The fourth-order valence-corrected chi connectivity index (χ4v) is 7.23. The molecule has 8 nitrogen and oxygen atoms in total. The van der Waals surface area contributed by atoms with Crippen molar-refractivity contribution in [3.05, 3.63) is 126 Å². The molecule has 4 N–H and O–H groups in total. The summed E-state index contributed by atoms with van der Waals surface area (Å²) in [5.41, 5.74) is 14.6. The maximum Gasteiger partial charge on any atom is 0.410 e. The predicted octanol–water partition coefficient (Wildman–Crippen LogP) is 8.18. The Hall–Kier alpha value is -5.47. The van der Waals surface area contributed by atoms with Gasteiger partial charge < -0.3 is 20.8 Å². The Balaban J connectivity index is 0.908. The van der Waals surface area contributed by atoms with Gasteiger partial charge in [-0.1, -0.05) is 84.9 Å². The topological polar surface area (TPSA) is 109 Å². The number of rotatable bonds is 10. The largest absolute Gasteiger partial charge is 0.445 e. The third kappa shape index (κ3) is 6.71. The number of carbonyl (C=O) groups excluding carboxylic acids is 1. The van der Waals surface area contributed by atoms with Crippen molar-refractivity contribution in [2.24, 2.45) is 10.7 Å². The number of nitrogens with one attached hydrogen (secondary N) is 2. The van der Waals surface area contributed by atoms with Crippen molar-refractivity contribution >= 4 is 33.7 Å². The van der Waals surface area contributed by atoms with Gasteiger partial charge in [-0.2, -0.15) is 0 Å². The molecule has 1 saturated heterocycles. The van der Waals surface area contributed by atoms with Gasteiger partial charge in [-0.3, -0.25) is 9.89 Å². The maximum atomic E-state index is 13.0. The number of H-pyrrole nitrogens is 1. The van der Waals surface area contributed by atoms with Crippen molar-refractivity contribution in [1.82, 2.24) is 20.2 Å². The number of amides is 1. The number of aryl methyl sites for hydroxylation is 1. The van der Waals surface area contributed by atoms with Gasteiger partial charge in [0.25, 0.3) is 0 Å². The summed E-state index contributed by atoms with van der Waals surface area (Å²) in [5, 5.41) is 6.04. The highest BCUT2D eigenvalue weighted by atomic mass is 16.6. The summed E-state index contributed by atoms with van der Waals surface area (Å²) in [6, 6.07) is 38.4. The minimum Gasteiger partial charge on any atom is -0.445 e. The van der Waals surface area contributed by atoms with Crippen LogP contribution in [-0.2, 0) is 17.8 Å². The normalized spacial score (nSPS) is 17.3. The molecule has 0 radical (unpaired) electrons. The Kier molecular flexibility index (Phi) is 9.01. The number of hydrogen-bond donors (Lipinski definition) is 3. The number of aliphatic imine (C=N–C) groups is 1. The first-order valence-corrected chi connectivity index (χ1v) is 17.7. The lowest BCUT2D eigenvalue weighted by Crippen LogP contribution is -2.45. The number of aromatic amines is 1. The molecule has 8 heteroatoms. The summed E-state index contributed by atoms with van der Waals surface area (Å²) in [6.07, 6.45) is 4.53. The quantitative estimate of drug-likeness (QED) is 0.128. The molecule has 1 amide bonds. The molecule has 5 aromatic carbocycles. The number of imidazole rings is 1. The molecule has 2 atom stereocenters. The van der Waals surface area contributed by atoms with E-state index in [1.165, 1.54) is 38.6 Å². The van der Waals surface area contributed by atoms with Crippen molar-refractivity contribution in [3.63, 3.8) is 0 Å². The van der Waals surface area contributed by atoms with Crippen LogP contribution in [0.15, 0.2) is 114 Å². The van der Waals surface area contributed by atoms with E-state index in [0.717, 1.165) is 60.4 Å². The predicted molar refractivity (Wildman–Crippen MR) is 201 cm³/mol. The van der Waals surface area contributed by atoms with Gasteiger partial charge in [0.15, 0.2) is 0 Å². The molecule has 0 saturated carbocycles. The van der Waals surface area contributed by atoms with Gasteiger partial charge in [0.05, 0.1) is 29.7 Å². The Bertz CT molecular complexity index is 2160. The summed E-state index contributed by atoms with van der Waals surface area (Å²) < 4.78 is 5.65. The van der Waals surface area contributed by atoms with E-state index in [0.29, 0.717) is 19.6 Å². The fourth-order valence-electron chi connectivity index (χ4n) is 7.23. The molecule has 2 aliphatic rings. The van der Waals surface area contributed by atoms with E-state index < -0.39 is 0 Å². The third-order valence-electron chi connectivity index (χ3n) is 9.99. The average molecular weight is 663 g/mol. The first-order chi connectivity index (χ1) is 24.6. The van der Waals surface area contributed by atoms with Gasteiger partial charge in [-0.25, -0.2) is 9.78 Å². The van der Waals surface area contributed by atoms with Gasteiger partial charge >= 0.3 is 6.09 Å². The number of hydrogen-bond acceptors (Lipinski definition) is 6. The smallest absolute Gasteiger partial charge is 0.410 e. The zero-order valence-electron chi connectivity index (χ0n) is 28.1. The van der Waals surface area contributed by atoms with E-state index in [4.69, 9.17) is 20.4 Å². The Morgan fingerprint density at radius 3 is 2.34 bits per heavy atom. The summed E-state index contributed by atoms with van der Waals surface area (Å²) in [4.78, 5) is 27.9. The molecule has 0 aliphatic carbocycles. The molecule has 6 aromatic rings. The van der Waals surface area contributed by atoms with Crippen molar-refractivity contribution in [1.29, 1.82) is 0 Å². The number of nitrogens with two attached hydrogens (primary N) is 1. The third-order valence-corrected chi connectivity index (χ3v) is 9.99. The van der Waals surface area contributed by atoms with Crippen molar-refractivity contribution in [3.8, 4) is 22.3 Å². The zero-order chi connectivity index (χ0) is 33.9. The van der Waals surface area contributed by atoms with Crippen LogP contribution in [0.25, 0.3) is 44.1 Å². The molecule has 8 rings (SSSR count). The van der Waals surface area contributed by atoms with Crippen LogP contribution in [0, 0.1) is 0 Å². The summed E-state index contributed by atoms with van der Waals surface area (Å²) >= 11 is 0. The van der Waals surface area contributed by atoms with Crippen LogP contribution in [0.4, 0.5) is 4.79 Å². The standard InChI is InChI=1S/C42H42N6O2/c43-21-5-4-10-40-45-36-20-19-35(25-37(36)46-40)34-18-17-32-23-31(15-16-33(32)24-34)29-11-13-30(14-12-29)38-26-44-41(47-38)39-9-6-22-48(39)42(49)50-27-28-7-2-1-3-8-28/h1-3,7-8,11-20,23-25,38-39H,4-6,9-10,21-22,26-27,43H2,(H,44,47)(H,45,46)/t38?,39-/m0/s1. The second-order valence-electron chi connectivity index (χ2n) is 13.4. The van der Waals surface area contributed by atoms with E-state index in [9.17, 15) is 4.79 Å². The monoisotopic (exact) mass is 662 g/mol. The lowest BCUT2D eigenvalue weighted by atomic mass is 9.96. The van der Waals surface area contributed by atoms with Crippen LogP contribution in [0.2, 0.25) is 0 Å². The summed E-state index contributed by atoms with van der Waals surface area (Å²) in [6.45, 7) is 2.33. The number of aromatic nitrogens is 2. The first kappa shape index (κ1) is 31.8. The summed E-state index contributed by atoms with van der Waals surface area (Å²) in [7, 11) is 0. The Morgan fingerprint density at radius 2 is 1.56 bits per heavy atom. The highest BCUT2D eigenvalue weighted by Crippen LogP contribution is 2.31. The average Bonchev–Trinajstić information content (AvgIpc) is 3.94. The number of nitrogens with zero attached hydrogens (tertiary/aromatic N) is 3. The molecule has 0 bridgehead atoms. The molecule has 1 aromatic heterocycles. The molecular formula is C42H42N6O2. The van der Waals surface area contributed by atoms with Crippen molar-refractivity contribution in [2.75, 3.05) is 19.6 Å². The van der Waals surface area contributed by atoms with Crippen molar-refractivity contribution < 1.29 is 9.53 Å². The number of unbranched alkanes of at least 4 members (excludes halogenated alkanes) is 1. The first-order valence-electron chi connectivity index (χ1n) is 17.7. The highest BCUT2D eigenvalue weighted by Gasteiger charge is 2.36. The second-order valence-corrected chi connectivity index (χ2v) is 13.4. The molecule has 252 valence electrons. The number of fused-ring (bicyclic) bond motifs is 2. The highest BCUT2D eigenvalue weighted by molar-refractivity contribution is 5.93. The van der Waals surface area contributed by atoms with E-state index in [1.54, 1.807) is 0 Å². The molecular weight excluding hydrogens is 621 g/mol. The molecule has 50 heavy (non-hydrogen) atoms. The molecule has 0 spiro atoms. The van der Waals surface area contributed by atoms with Gasteiger partial charge in [-0.15, -0.1) is 0 Å². The number of ether oxygens (including phenoxy) is 1. The fraction of sp³-hybridized carbons (Fsp3) is 0.262. The summed E-state index contributed by atoms with van der Waals surface area (Å²) in [5.74, 6) is 1.91. The SMILES string of the molecule is NCCCCc1nc2ccc(-c3ccc4cc(-c5ccc(C6CN=C([C@@H]7CCCN7C(=O)OCc7ccccc7)N6)cc5)ccc4c3)cc2[nH]1. The van der Waals surface area contributed by atoms with E-state index in [2.05, 4.69) is 89.2 Å². The van der Waals surface area contributed by atoms with Crippen molar-refractivity contribution in [2.45, 2.75) is 50.8 Å². The maximum absolute atomic E-state index is 13.0. The van der Waals surface area contributed by atoms with E-state index >= 15 is 0 Å². The van der Waals surface area contributed by atoms with E-state index in [-0.39, 0.29) is 24.8 Å². The molecule has 1 unspecified atom stereocenters. The number of amidine groups is 1. The Labute approximate surface area is 292 Å². The zero-order valence-corrected chi connectivity index (χ0v) is 28.1. The van der Waals surface area contributed by atoms with Gasteiger partial charge in [-0.05, 0) is 101 Å². The van der Waals surface area contributed by atoms with Gasteiger partial charge in [0, 0.05) is 13.0 Å². The molecule has 2 aliphatic heterocycles.